The lowest BCUT2D eigenvalue weighted by atomic mass is 10.0. The lowest BCUT2D eigenvalue weighted by Crippen LogP contribution is -2.34. The van der Waals surface area contributed by atoms with Gasteiger partial charge in [-0.05, 0) is 79.1 Å². The van der Waals surface area contributed by atoms with E-state index in [4.69, 9.17) is 18.9 Å². The van der Waals surface area contributed by atoms with Crippen molar-refractivity contribution in [3.05, 3.63) is 104 Å². The third-order valence-electron chi connectivity index (χ3n) is 8.43. The van der Waals surface area contributed by atoms with E-state index in [1.54, 1.807) is 30.3 Å². The largest absolute Gasteiger partial charge is 0.493 e. The van der Waals surface area contributed by atoms with Crippen LogP contribution in [0.5, 0.6) is 23.0 Å². The van der Waals surface area contributed by atoms with Crippen molar-refractivity contribution in [1.82, 2.24) is 0 Å². The van der Waals surface area contributed by atoms with Crippen LogP contribution in [0.25, 0.3) is 0 Å². The molecule has 1 aliphatic rings. The Labute approximate surface area is 273 Å². The van der Waals surface area contributed by atoms with Crippen LogP contribution in [0, 0.1) is 24.0 Å². The summed E-state index contributed by atoms with van der Waals surface area (Å²) in [6, 6.07) is 18.1. The van der Waals surface area contributed by atoms with Crippen LogP contribution >= 0.6 is 0 Å². The number of ether oxygens (including phenoxy) is 4. The van der Waals surface area contributed by atoms with Gasteiger partial charge in [-0.25, -0.2) is 0 Å². The van der Waals surface area contributed by atoms with Crippen LogP contribution in [-0.4, -0.2) is 51.8 Å². The summed E-state index contributed by atoms with van der Waals surface area (Å²) in [5.41, 5.74) is 7.37. The molecule has 1 heterocycles. The molecule has 1 atom stereocenters. The number of hydrogen-bond donors (Lipinski definition) is 1. The highest BCUT2D eigenvalue weighted by molar-refractivity contribution is 5.86. The van der Waals surface area contributed by atoms with E-state index >= 15 is 0 Å². The lowest BCUT2D eigenvalue weighted by molar-refractivity contribution is -0.385. The molecule has 5 rings (SSSR count). The van der Waals surface area contributed by atoms with E-state index in [1.165, 1.54) is 43.2 Å². The molecular weight excluding hydrogens is 600 g/mol. The number of fused-ring (bicyclic) bond motifs is 1. The second kappa shape index (κ2) is 14.2. The number of benzene rings is 4. The smallest absolute Gasteiger partial charge is 0.270 e. The predicted octanol–water partition coefficient (Wildman–Crippen LogP) is 7.00. The van der Waals surface area contributed by atoms with E-state index in [0.29, 0.717) is 57.6 Å². The number of hydrogen-bond acceptors (Lipinski definition) is 10. The molecule has 4 aromatic carbocycles. The molecule has 1 N–H and O–H groups in total. The first kappa shape index (κ1) is 32.8. The van der Waals surface area contributed by atoms with E-state index in [-0.39, 0.29) is 24.9 Å². The van der Waals surface area contributed by atoms with Gasteiger partial charge in [-0.1, -0.05) is 12.1 Å². The molecule has 0 radical (unpaired) electrons. The normalized spacial score (nSPS) is 13.5. The lowest BCUT2D eigenvalue weighted by Gasteiger charge is -2.24. The average molecular weight is 639 g/mol. The fourth-order valence-corrected chi connectivity index (χ4v) is 5.82. The van der Waals surface area contributed by atoms with Crippen LogP contribution in [-0.2, 0) is 19.6 Å². The monoisotopic (exact) mass is 638 g/mol. The predicted molar refractivity (Wildman–Crippen MR) is 183 cm³/mol. The first-order chi connectivity index (χ1) is 22.6. The number of aldehydes is 1. The summed E-state index contributed by atoms with van der Waals surface area (Å²) in [6.07, 6.45) is 1.67. The number of aliphatic imine (C=N–C) groups is 1. The molecule has 11 heteroatoms. The van der Waals surface area contributed by atoms with E-state index in [9.17, 15) is 14.9 Å². The third kappa shape index (κ3) is 7.14. The maximum absolute atomic E-state index is 12.0. The summed E-state index contributed by atoms with van der Waals surface area (Å²) in [6.45, 7) is 8.24. The summed E-state index contributed by atoms with van der Waals surface area (Å²) in [5.74, 6) is 1.70. The van der Waals surface area contributed by atoms with Gasteiger partial charge in [0.2, 0.25) is 0 Å². The Morgan fingerprint density at radius 1 is 0.957 bits per heavy atom. The van der Waals surface area contributed by atoms with Gasteiger partial charge in [-0.2, -0.15) is 0 Å². The van der Waals surface area contributed by atoms with Crippen LogP contribution in [0.4, 0.5) is 22.7 Å². The number of non-ortho nitro benzene ring substituents is 1. The van der Waals surface area contributed by atoms with Gasteiger partial charge in [-0.15, -0.1) is 0 Å². The summed E-state index contributed by atoms with van der Waals surface area (Å²) in [5, 5.41) is 15.2. The number of nitro benzene ring substituents is 1. The van der Waals surface area contributed by atoms with Crippen molar-refractivity contribution < 1.29 is 28.7 Å². The van der Waals surface area contributed by atoms with Crippen molar-refractivity contribution in [3.8, 4) is 23.0 Å². The first-order valence-electron chi connectivity index (χ1n) is 15.1. The molecule has 1 unspecified atom stereocenters. The number of methoxy groups -OCH3 is 2. The van der Waals surface area contributed by atoms with Gasteiger partial charge in [0.1, 0.15) is 13.2 Å². The SMILES string of the molecule is C=Nc1cc(OCc2cc(COc3cc(NCC4Cc5c(C)cccc5N4C)c(C=O)cc3OC)cc([N+](=O)[O-])c2)c(OC)cc1C. The summed E-state index contributed by atoms with van der Waals surface area (Å²) < 4.78 is 23.1. The minimum atomic E-state index is -0.458. The Bertz CT molecular complexity index is 1820. The highest BCUT2D eigenvalue weighted by Crippen LogP contribution is 2.37. The number of carbonyl (C=O) groups excluding carboxylic acids is 1. The topological polar surface area (TPSA) is 125 Å². The van der Waals surface area contributed by atoms with Crippen molar-refractivity contribution in [3.63, 3.8) is 0 Å². The summed E-state index contributed by atoms with van der Waals surface area (Å²) in [7, 11) is 5.11. The second-order valence-corrected chi connectivity index (χ2v) is 11.4. The molecule has 1 aliphatic heterocycles. The maximum atomic E-state index is 12.0. The zero-order valence-electron chi connectivity index (χ0n) is 27.2. The zero-order valence-corrected chi connectivity index (χ0v) is 27.2. The van der Waals surface area contributed by atoms with Crippen LogP contribution in [0.1, 0.15) is 38.2 Å². The van der Waals surface area contributed by atoms with Crippen LogP contribution in [0.2, 0.25) is 0 Å². The number of nitrogens with zero attached hydrogens (tertiary/aromatic N) is 3. The van der Waals surface area contributed by atoms with Crippen molar-refractivity contribution >= 4 is 35.8 Å². The Kier molecular flexibility index (Phi) is 9.94. The van der Waals surface area contributed by atoms with Gasteiger partial charge in [0, 0.05) is 54.8 Å². The van der Waals surface area contributed by atoms with E-state index in [1.807, 2.05) is 6.92 Å². The molecule has 0 saturated heterocycles. The van der Waals surface area contributed by atoms with Gasteiger partial charge in [0.15, 0.2) is 29.3 Å². The van der Waals surface area contributed by atoms with Crippen molar-refractivity contribution in [2.24, 2.45) is 4.99 Å². The van der Waals surface area contributed by atoms with Crippen molar-refractivity contribution in [2.45, 2.75) is 39.5 Å². The van der Waals surface area contributed by atoms with Crippen LogP contribution in [0.15, 0.2) is 65.7 Å². The standard InChI is InChI=1S/C36H38N4O7/c1-22-8-7-9-32-29(22)15-28(39(32)4)18-38-31-17-36(34(45-6)14-26(31)19-41)47-21-25-11-24(12-27(13-25)40(42)43)20-46-35-16-30(37-3)23(2)10-33(35)44-5/h7-14,16-17,19,28,38H,3,15,18,20-21H2,1-2,4-6H3. The number of likely N-dealkylation sites (N-methyl/N-ethyl adjacent to an activating group) is 1. The molecule has 0 aromatic heterocycles. The minimum Gasteiger partial charge on any atom is -0.493 e. The van der Waals surface area contributed by atoms with Crippen molar-refractivity contribution in [2.75, 3.05) is 38.0 Å². The zero-order chi connectivity index (χ0) is 33.7. The Hall–Kier alpha value is -5.58. The highest BCUT2D eigenvalue weighted by Gasteiger charge is 2.27. The number of rotatable bonds is 14. The van der Waals surface area contributed by atoms with Gasteiger partial charge >= 0.3 is 0 Å². The maximum Gasteiger partial charge on any atom is 0.270 e. The second-order valence-electron chi connectivity index (χ2n) is 11.4. The van der Waals surface area contributed by atoms with Crippen molar-refractivity contribution in [1.29, 1.82) is 0 Å². The highest BCUT2D eigenvalue weighted by atomic mass is 16.6. The van der Waals surface area contributed by atoms with Crippen LogP contribution < -0.4 is 29.2 Å². The molecule has 0 amide bonds. The summed E-state index contributed by atoms with van der Waals surface area (Å²) in [4.78, 5) is 29.6. The number of nitro groups is 1. The molecule has 244 valence electrons. The number of carbonyl (C=O) groups is 1. The van der Waals surface area contributed by atoms with Crippen LogP contribution in [0.3, 0.4) is 0 Å². The number of nitrogens with one attached hydrogen (secondary N) is 1. The van der Waals surface area contributed by atoms with Gasteiger partial charge in [0.25, 0.3) is 5.69 Å². The van der Waals surface area contributed by atoms with E-state index in [0.717, 1.165) is 18.3 Å². The molecule has 4 aromatic rings. The molecule has 0 aliphatic carbocycles. The van der Waals surface area contributed by atoms with E-state index in [2.05, 4.69) is 54.1 Å². The Balaban J connectivity index is 1.33. The fraction of sp³-hybridized carbons (Fsp3) is 0.278. The number of anilines is 2. The molecule has 0 spiro atoms. The summed E-state index contributed by atoms with van der Waals surface area (Å²) >= 11 is 0. The van der Waals surface area contributed by atoms with Gasteiger partial charge in [0.05, 0.1) is 30.9 Å². The molecule has 11 nitrogen and oxygen atoms in total. The molecule has 0 saturated carbocycles. The molecule has 0 fully saturated rings. The van der Waals surface area contributed by atoms with Gasteiger partial charge in [-0.3, -0.25) is 19.9 Å². The minimum absolute atomic E-state index is 0.00322. The third-order valence-corrected chi connectivity index (χ3v) is 8.43. The molecular formula is C36H38N4O7. The Morgan fingerprint density at radius 3 is 2.21 bits per heavy atom. The quantitative estimate of drug-likeness (QED) is 0.0672. The Morgan fingerprint density at radius 2 is 1.62 bits per heavy atom. The average Bonchev–Trinajstić information content (AvgIpc) is 3.41. The van der Waals surface area contributed by atoms with E-state index < -0.39 is 4.92 Å². The number of aryl methyl sites for hydroxylation is 2. The fourth-order valence-electron chi connectivity index (χ4n) is 5.82. The molecule has 47 heavy (non-hydrogen) atoms. The molecule has 0 bridgehead atoms. The first-order valence-corrected chi connectivity index (χ1v) is 15.1. The van der Waals surface area contributed by atoms with Gasteiger partial charge < -0.3 is 29.2 Å².